The first-order valence-electron chi connectivity index (χ1n) is 7.00. The largest absolute Gasteiger partial charge is 0.325 e. The Hall–Kier alpha value is -1.06. The van der Waals surface area contributed by atoms with Crippen molar-refractivity contribution in [3.05, 3.63) is 0 Å². The standard InChI is InChI=1S/C14H26N2O2/c1-6-14(7-2)12(17)15-13(18)16(14)9-11(5)8-10(3)4/h10-11H,6-9H2,1-5H3,(H,15,17,18). The molecule has 1 unspecified atom stereocenters. The van der Waals surface area contributed by atoms with Gasteiger partial charge in [-0.1, -0.05) is 34.6 Å². The zero-order valence-corrected chi connectivity index (χ0v) is 12.2. The zero-order valence-electron chi connectivity index (χ0n) is 12.2. The summed E-state index contributed by atoms with van der Waals surface area (Å²) in [6.45, 7) is 11.1. The van der Waals surface area contributed by atoms with E-state index in [1.807, 2.05) is 13.8 Å². The highest BCUT2D eigenvalue weighted by Crippen LogP contribution is 2.30. The molecule has 18 heavy (non-hydrogen) atoms. The van der Waals surface area contributed by atoms with E-state index >= 15 is 0 Å². The maximum atomic E-state index is 12.0. The van der Waals surface area contributed by atoms with Crippen molar-refractivity contribution in [2.24, 2.45) is 11.8 Å². The van der Waals surface area contributed by atoms with Gasteiger partial charge in [-0.05, 0) is 31.1 Å². The molecule has 4 heteroatoms. The number of imide groups is 1. The molecule has 0 bridgehead atoms. The molecule has 0 saturated carbocycles. The summed E-state index contributed by atoms with van der Waals surface area (Å²) < 4.78 is 0. The van der Waals surface area contributed by atoms with Crippen molar-refractivity contribution >= 4 is 11.9 Å². The number of hydrogen-bond acceptors (Lipinski definition) is 2. The van der Waals surface area contributed by atoms with Gasteiger partial charge in [0.2, 0.25) is 0 Å². The lowest BCUT2D eigenvalue weighted by molar-refractivity contribution is -0.127. The van der Waals surface area contributed by atoms with Crippen LogP contribution in [0.15, 0.2) is 0 Å². The lowest BCUT2D eigenvalue weighted by Crippen LogP contribution is -2.50. The smallest absolute Gasteiger partial charge is 0.309 e. The maximum Gasteiger partial charge on any atom is 0.325 e. The predicted molar refractivity (Wildman–Crippen MR) is 72.2 cm³/mol. The molecule has 1 aliphatic rings. The van der Waals surface area contributed by atoms with Crippen LogP contribution in [0.25, 0.3) is 0 Å². The Morgan fingerprint density at radius 1 is 1.17 bits per heavy atom. The quantitative estimate of drug-likeness (QED) is 0.741. The summed E-state index contributed by atoms with van der Waals surface area (Å²) in [6, 6.07) is -0.223. The fourth-order valence-electron chi connectivity index (χ4n) is 3.00. The predicted octanol–water partition coefficient (Wildman–Crippen LogP) is 2.78. The SMILES string of the molecule is CCC1(CC)C(=O)NC(=O)N1CC(C)CC(C)C. The zero-order chi connectivity index (χ0) is 13.9. The van der Waals surface area contributed by atoms with Gasteiger partial charge in [-0.3, -0.25) is 10.1 Å². The van der Waals surface area contributed by atoms with Crippen LogP contribution < -0.4 is 5.32 Å². The van der Waals surface area contributed by atoms with Gasteiger partial charge >= 0.3 is 6.03 Å². The highest BCUT2D eigenvalue weighted by Gasteiger charge is 2.50. The van der Waals surface area contributed by atoms with Crippen LogP contribution in [0.4, 0.5) is 4.79 Å². The minimum absolute atomic E-state index is 0.130. The third kappa shape index (κ3) is 2.68. The summed E-state index contributed by atoms with van der Waals surface area (Å²) in [5.74, 6) is 0.896. The summed E-state index contributed by atoms with van der Waals surface area (Å²) in [4.78, 5) is 25.7. The second kappa shape index (κ2) is 5.72. The first-order chi connectivity index (χ1) is 8.37. The third-order valence-electron chi connectivity index (χ3n) is 3.94. The Balaban J connectivity index is 2.83. The number of carbonyl (C=O) groups is 2. The monoisotopic (exact) mass is 254 g/mol. The van der Waals surface area contributed by atoms with Gasteiger partial charge in [-0.15, -0.1) is 0 Å². The van der Waals surface area contributed by atoms with E-state index in [4.69, 9.17) is 0 Å². The van der Waals surface area contributed by atoms with E-state index < -0.39 is 5.54 Å². The molecule has 3 amide bonds. The first kappa shape index (κ1) is 15.0. The Kier molecular flexibility index (Phi) is 4.77. The number of carbonyl (C=O) groups excluding carboxylic acids is 2. The summed E-state index contributed by atoms with van der Waals surface area (Å²) in [5, 5.41) is 2.47. The molecule has 104 valence electrons. The van der Waals surface area contributed by atoms with E-state index in [1.54, 1.807) is 4.90 Å². The van der Waals surface area contributed by atoms with Crippen LogP contribution in [-0.2, 0) is 4.79 Å². The van der Waals surface area contributed by atoms with Crippen molar-refractivity contribution in [2.75, 3.05) is 6.54 Å². The van der Waals surface area contributed by atoms with E-state index in [0.717, 1.165) is 6.42 Å². The molecule has 0 spiro atoms. The lowest BCUT2D eigenvalue weighted by Gasteiger charge is -2.35. The van der Waals surface area contributed by atoms with E-state index in [2.05, 4.69) is 26.1 Å². The van der Waals surface area contributed by atoms with Crippen LogP contribution in [0, 0.1) is 11.8 Å². The summed E-state index contributed by atoms with van der Waals surface area (Å²) in [5.41, 5.74) is -0.623. The lowest BCUT2D eigenvalue weighted by atomic mass is 9.89. The molecule has 1 saturated heterocycles. The van der Waals surface area contributed by atoms with E-state index in [1.165, 1.54) is 0 Å². The fraction of sp³-hybridized carbons (Fsp3) is 0.857. The Morgan fingerprint density at radius 3 is 2.17 bits per heavy atom. The number of hydrogen-bond donors (Lipinski definition) is 1. The van der Waals surface area contributed by atoms with Crippen molar-refractivity contribution in [3.8, 4) is 0 Å². The highest BCUT2D eigenvalue weighted by atomic mass is 16.2. The minimum Gasteiger partial charge on any atom is -0.309 e. The van der Waals surface area contributed by atoms with Crippen LogP contribution in [0.3, 0.4) is 0 Å². The molecule has 1 heterocycles. The summed E-state index contributed by atoms with van der Waals surface area (Å²) in [6.07, 6.45) is 2.42. The van der Waals surface area contributed by atoms with Gasteiger partial charge in [0.05, 0.1) is 0 Å². The van der Waals surface area contributed by atoms with Gasteiger partial charge in [-0.25, -0.2) is 4.79 Å². The average Bonchev–Trinajstić information content (AvgIpc) is 2.50. The Morgan fingerprint density at radius 2 is 1.72 bits per heavy atom. The summed E-state index contributed by atoms with van der Waals surface area (Å²) >= 11 is 0. The number of nitrogens with one attached hydrogen (secondary N) is 1. The van der Waals surface area contributed by atoms with Gasteiger partial charge in [0.1, 0.15) is 5.54 Å². The Labute approximate surface area is 110 Å². The molecule has 4 nitrogen and oxygen atoms in total. The highest BCUT2D eigenvalue weighted by molar-refractivity contribution is 6.06. The van der Waals surface area contributed by atoms with Crippen molar-refractivity contribution in [1.29, 1.82) is 0 Å². The first-order valence-corrected chi connectivity index (χ1v) is 7.00. The van der Waals surface area contributed by atoms with Crippen molar-refractivity contribution in [2.45, 2.75) is 59.4 Å². The molecule has 1 rings (SSSR count). The van der Waals surface area contributed by atoms with Crippen LogP contribution in [0.2, 0.25) is 0 Å². The minimum atomic E-state index is -0.623. The molecule has 0 aliphatic carbocycles. The molecule has 1 atom stereocenters. The van der Waals surface area contributed by atoms with Crippen molar-refractivity contribution in [1.82, 2.24) is 10.2 Å². The summed E-state index contributed by atoms with van der Waals surface area (Å²) in [7, 11) is 0. The van der Waals surface area contributed by atoms with Gasteiger partial charge in [0, 0.05) is 6.54 Å². The van der Waals surface area contributed by atoms with Crippen LogP contribution in [0.1, 0.15) is 53.9 Å². The second-order valence-corrected chi connectivity index (χ2v) is 5.84. The molecular formula is C14H26N2O2. The fourth-order valence-corrected chi connectivity index (χ4v) is 3.00. The normalized spacial score (nSPS) is 20.4. The average molecular weight is 254 g/mol. The molecule has 0 radical (unpaired) electrons. The van der Waals surface area contributed by atoms with Gasteiger partial charge in [-0.2, -0.15) is 0 Å². The van der Waals surface area contributed by atoms with E-state index in [9.17, 15) is 9.59 Å². The maximum absolute atomic E-state index is 12.0. The van der Waals surface area contributed by atoms with E-state index in [-0.39, 0.29) is 11.9 Å². The molecule has 1 aliphatic heterocycles. The van der Waals surface area contributed by atoms with Crippen molar-refractivity contribution < 1.29 is 9.59 Å². The third-order valence-corrected chi connectivity index (χ3v) is 3.94. The second-order valence-electron chi connectivity index (χ2n) is 5.84. The molecule has 0 aromatic rings. The molecule has 0 aromatic heterocycles. The van der Waals surface area contributed by atoms with Gasteiger partial charge in [0.15, 0.2) is 0 Å². The number of nitrogens with zero attached hydrogens (tertiary/aromatic N) is 1. The number of amides is 3. The van der Waals surface area contributed by atoms with Gasteiger partial charge < -0.3 is 4.90 Å². The number of urea groups is 1. The van der Waals surface area contributed by atoms with Crippen LogP contribution in [-0.4, -0.2) is 28.9 Å². The van der Waals surface area contributed by atoms with Crippen LogP contribution in [0.5, 0.6) is 0 Å². The van der Waals surface area contributed by atoms with E-state index in [0.29, 0.717) is 31.2 Å². The van der Waals surface area contributed by atoms with Crippen molar-refractivity contribution in [3.63, 3.8) is 0 Å². The topological polar surface area (TPSA) is 49.4 Å². The molecular weight excluding hydrogens is 228 g/mol. The Bertz CT molecular complexity index is 322. The van der Waals surface area contributed by atoms with Crippen LogP contribution >= 0.6 is 0 Å². The number of rotatable bonds is 6. The molecule has 0 aromatic carbocycles. The van der Waals surface area contributed by atoms with Gasteiger partial charge in [0.25, 0.3) is 5.91 Å². The molecule has 1 fully saturated rings. The molecule has 1 N–H and O–H groups in total.